The van der Waals surface area contributed by atoms with Gasteiger partial charge in [0.1, 0.15) is 0 Å². The van der Waals surface area contributed by atoms with Crippen molar-refractivity contribution in [3.05, 3.63) is 35.9 Å². The average Bonchev–Trinajstić information content (AvgIpc) is 2.53. The number of rotatable bonds is 2. The zero-order valence-corrected chi connectivity index (χ0v) is 7.61. The molecule has 2 rings (SSSR count). The molecule has 2 heteroatoms. The van der Waals surface area contributed by atoms with Crippen LogP contribution in [0.4, 0.5) is 0 Å². The van der Waals surface area contributed by atoms with Crippen LogP contribution in [-0.4, -0.2) is 23.8 Å². The molecule has 0 radical (unpaired) electrons. The van der Waals surface area contributed by atoms with E-state index in [-0.39, 0.29) is 6.10 Å². The number of nitrogens with one attached hydrogen (secondary N) is 1. The van der Waals surface area contributed by atoms with Gasteiger partial charge in [-0.1, -0.05) is 30.3 Å². The highest BCUT2D eigenvalue weighted by Gasteiger charge is 2.21. The molecule has 1 fully saturated rings. The zero-order valence-electron chi connectivity index (χ0n) is 7.61. The van der Waals surface area contributed by atoms with Crippen LogP contribution in [0.25, 0.3) is 0 Å². The van der Waals surface area contributed by atoms with E-state index in [1.807, 2.05) is 6.07 Å². The van der Waals surface area contributed by atoms with Crippen molar-refractivity contribution in [3.8, 4) is 0 Å². The molecule has 1 heterocycles. The number of β-amino-alcohol motifs (C(OH)–C–C–N with tert-alkyl or cyclic N) is 1. The van der Waals surface area contributed by atoms with E-state index in [2.05, 4.69) is 29.6 Å². The highest BCUT2D eigenvalue weighted by Crippen LogP contribution is 2.12. The minimum Gasteiger partial charge on any atom is -0.392 e. The van der Waals surface area contributed by atoms with Crippen LogP contribution in [0.2, 0.25) is 0 Å². The molecular formula is C11H15NO. The molecule has 13 heavy (non-hydrogen) atoms. The maximum Gasteiger partial charge on any atom is 0.0679 e. The Balaban J connectivity index is 1.92. The summed E-state index contributed by atoms with van der Waals surface area (Å²) in [6.45, 7) is 0.748. The van der Waals surface area contributed by atoms with Crippen LogP contribution in [0.15, 0.2) is 30.3 Å². The quantitative estimate of drug-likeness (QED) is 0.705. The van der Waals surface area contributed by atoms with Crippen LogP contribution in [0.1, 0.15) is 12.0 Å². The maximum atomic E-state index is 9.32. The van der Waals surface area contributed by atoms with Gasteiger partial charge < -0.3 is 10.4 Å². The van der Waals surface area contributed by atoms with Crippen LogP contribution in [-0.2, 0) is 6.42 Å². The fraction of sp³-hybridized carbons (Fsp3) is 0.455. The van der Waals surface area contributed by atoms with E-state index in [0.717, 1.165) is 19.4 Å². The predicted octanol–water partition coefficient (Wildman–Crippen LogP) is 0.952. The lowest BCUT2D eigenvalue weighted by Crippen LogP contribution is -2.23. The summed E-state index contributed by atoms with van der Waals surface area (Å²) in [5.74, 6) is 0. The van der Waals surface area contributed by atoms with Gasteiger partial charge in [-0.3, -0.25) is 0 Å². The standard InChI is InChI=1S/C11H15NO/c13-11-7-10(12-8-11)6-9-4-2-1-3-5-9/h1-5,10-13H,6-8H2/t10-,11+/m1/s1. The highest BCUT2D eigenvalue weighted by atomic mass is 16.3. The Morgan fingerprint density at radius 2 is 2.08 bits per heavy atom. The van der Waals surface area contributed by atoms with Gasteiger partial charge in [0.2, 0.25) is 0 Å². The number of hydrogen-bond donors (Lipinski definition) is 2. The summed E-state index contributed by atoms with van der Waals surface area (Å²) in [4.78, 5) is 0. The fourth-order valence-corrected chi connectivity index (χ4v) is 1.85. The van der Waals surface area contributed by atoms with Crippen LogP contribution >= 0.6 is 0 Å². The minimum absolute atomic E-state index is 0.145. The molecule has 2 atom stereocenters. The van der Waals surface area contributed by atoms with Crippen molar-refractivity contribution < 1.29 is 5.11 Å². The molecule has 70 valence electrons. The minimum atomic E-state index is -0.145. The van der Waals surface area contributed by atoms with E-state index in [1.54, 1.807) is 0 Å². The Bertz CT molecular complexity index is 260. The van der Waals surface area contributed by atoms with Crippen molar-refractivity contribution in [2.24, 2.45) is 0 Å². The molecule has 0 bridgehead atoms. The van der Waals surface area contributed by atoms with Gasteiger partial charge in [0.05, 0.1) is 6.10 Å². The first-order chi connectivity index (χ1) is 6.34. The third kappa shape index (κ3) is 2.29. The maximum absolute atomic E-state index is 9.32. The van der Waals surface area contributed by atoms with E-state index in [1.165, 1.54) is 5.56 Å². The Hall–Kier alpha value is -0.860. The normalized spacial score (nSPS) is 27.8. The Morgan fingerprint density at radius 3 is 2.69 bits per heavy atom. The second-order valence-electron chi connectivity index (χ2n) is 3.68. The average molecular weight is 177 g/mol. The number of aliphatic hydroxyl groups is 1. The largest absolute Gasteiger partial charge is 0.392 e. The van der Waals surface area contributed by atoms with E-state index >= 15 is 0 Å². The van der Waals surface area contributed by atoms with Gasteiger partial charge in [-0.15, -0.1) is 0 Å². The number of benzene rings is 1. The third-order valence-corrected chi connectivity index (χ3v) is 2.52. The molecule has 0 aromatic heterocycles. The summed E-state index contributed by atoms with van der Waals surface area (Å²) in [6.07, 6.45) is 1.76. The first-order valence-corrected chi connectivity index (χ1v) is 4.80. The molecule has 1 aliphatic heterocycles. The van der Waals surface area contributed by atoms with Crippen molar-refractivity contribution in [1.29, 1.82) is 0 Å². The van der Waals surface area contributed by atoms with Crippen LogP contribution in [0.5, 0.6) is 0 Å². The van der Waals surface area contributed by atoms with Gasteiger partial charge in [0, 0.05) is 12.6 Å². The molecule has 1 aromatic carbocycles. The summed E-state index contributed by atoms with van der Waals surface area (Å²) in [5.41, 5.74) is 1.34. The Kier molecular flexibility index (Phi) is 2.62. The molecule has 2 nitrogen and oxygen atoms in total. The van der Waals surface area contributed by atoms with Crippen molar-refractivity contribution in [2.45, 2.75) is 25.0 Å². The molecule has 0 aliphatic carbocycles. The lowest BCUT2D eigenvalue weighted by Gasteiger charge is -2.09. The Morgan fingerprint density at radius 1 is 1.31 bits per heavy atom. The first kappa shape index (κ1) is 8.73. The molecule has 1 aromatic rings. The second-order valence-corrected chi connectivity index (χ2v) is 3.68. The van der Waals surface area contributed by atoms with Crippen molar-refractivity contribution >= 4 is 0 Å². The monoisotopic (exact) mass is 177 g/mol. The summed E-state index contributed by atoms with van der Waals surface area (Å²) in [5, 5.41) is 12.6. The van der Waals surface area contributed by atoms with Gasteiger partial charge in [-0.05, 0) is 18.4 Å². The fourth-order valence-electron chi connectivity index (χ4n) is 1.85. The molecule has 1 aliphatic rings. The lowest BCUT2D eigenvalue weighted by atomic mass is 10.0. The van der Waals surface area contributed by atoms with E-state index in [0.29, 0.717) is 6.04 Å². The molecule has 0 spiro atoms. The number of hydrogen-bond acceptors (Lipinski definition) is 2. The smallest absolute Gasteiger partial charge is 0.0679 e. The molecule has 0 amide bonds. The van der Waals surface area contributed by atoms with Gasteiger partial charge in [0.25, 0.3) is 0 Å². The molecule has 0 saturated carbocycles. The molecule has 1 saturated heterocycles. The van der Waals surface area contributed by atoms with Gasteiger partial charge in [-0.25, -0.2) is 0 Å². The highest BCUT2D eigenvalue weighted by molar-refractivity contribution is 5.16. The van der Waals surface area contributed by atoms with Crippen molar-refractivity contribution in [3.63, 3.8) is 0 Å². The summed E-state index contributed by atoms with van der Waals surface area (Å²) < 4.78 is 0. The molecule has 0 unspecified atom stereocenters. The number of aliphatic hydroxyl groups excluding tert-OH is 1. The lowest BCUT2D eigenvalue weighted by molar-refractivity contribution is 0.193. The predicted molar refractivity (Wildman–Crippen MR) is 52.6 cm³/mol. The van der Waals surface area contributed by atoms with E-state index in [4.69, 9.17) is 0 Å². The SMILES string of the molecule is O[C@@H]1CN[C@H](Cc2ccccc2)C1. The topological polar surface area (TPSA) is 32.3 Å². The van der Waals surface area contributed by atoms with Gasteiger partial charge in [-0.2, -0.15) is 0 Å². The van der Waals surface area contributed by atoms with Crippen LogP contribution in [0, 0.1) is 0 Å². The van der Waals surface area contributed by atoms with Crippen molar-refractivity contribution in [2.75, 3.05) is 6.54 Å². The third-order valence-electron chi connectivity index (χ3n) is 2.52. The zero-order chi connectivity index (χ0) is 9.10. The summed E-state index contributed by atoms with van der Waals surface area (Å²) in [7, 11) is 0. The van der Waals surface area contributed by atoms with Gasteiger partial charge in [0.15, 0.2) is 0 Å². The summed E-state index contributed by atoms with van der Waals surface area (Å²) in [6, 6.07) is 10.9. The molecular weight excluding hydrogens is 162 g/mol. The first-order valence-electron chi connectivity index (χ1n) is 4.80. The molecule has 2 N–H and O–H groups in total. The Labute approximate surface area is 78.6 Å². The van der Waals surface area contributed by atoms with E-state index < -0.39 is 0 Å². The second kappa shape index (κ2) is 3.90. The van der Waals surface area contributed by atoms with E-state index in [9.17, 15) is 5.11 Å². The van der Waals surface area contributed by atoms with Crippen LogP contribution in [0.3, 0.4) is 0 Å². The van der Waals surface area contributed by atoms with Crippen molar-refractivity contribution in [1.82, 2.24) is 5.32 Å². The van der Waals surface area contributed by atoms with Gasteiger partial charge >= 0.3 is 0 Å². The summed E-state index contributed by atoms with van der Waals surface area (Å²) >= 11 is 0. The van der Waals surface area contributed by atoms with Crippen LogP contribution < -0.4 is 5.32 Å².